The molecule has 8 nitrogen and oxygen atoms in total. The molecule has 0 bridgehead atoms. The summed E-state index contributed by atoms with van der Waals surface area (Å²) in [5.74, 6) is 1.64. The lowest BCUT2D eigenvalue weighted by Gasteiger charge is -2.26. The van der Waals surface area contributed by atoms with E-state index < -0.39 is 0 Å². The molecule has 6 rings (SSSR count). The zero-order valence-electron chi connectivity index (χ0n) is 18.7. The van der Waals surface area contributed by atoms with Gasteiger partial charge >= 0.3 is 0 Å². The SMILES string of the molecule is CCc1nc2c(C)cc(C)nc2n1C1CCOc2sc(-c3ccccc3-c3nn[nH]n3)cc21. The Labute approximate surface area is 194 Å². The number of pyridine rings is 1. The molecule has 1 aliphatic heterocycles. The lowest BCUT2D eigenvalue weighted by Crippen LogP contribution is -2.21. The number of nitrogens with zero attached hydrogens (tertiary/aromatic N) is 6. The maximum atomic E-state index is 6.13. The van der Waals surface area contributed by atoms with Crippen LogP contribution in [-0.2, 0) is 6.42 Å². The fourth-order valence-corrected chi connectivity index (χ4v) is 5.85. The van der Waals surface area contributed by atoms with Crippen LogP contribution in [-0.4, -0.2) is 41.8 Å². The van der Waals surface area contributed by atoms with Gasteiger partial charge in [0.05, 0.1) is 12.6 Å². The third-order valence-corrected chi connectivity index (χ3v) is 7.25. The summed E-state index contributed by atoms with van der Waals surface area (Å²) in [6, 6.07) is 12.6. The summed E-state index contributed by atoms with van der Waals surface area (Å²) in [6.45, 7) is 6.97. The van der Waals surface area contributed by atoms with Crippen LogP contribution in [0.4, 0.5) is 0 Å². The predicted molar refractivity (Wildman–Crippen MR) is 128 cm³/mol. The van der Waals surface area contributed by atoms with Crippen LogP contribution in [0.25, 0.3) is 33.0 Å². The average Bonchev–Trinajstić information content (AvgIpc) is 3.56. The summed E-state index contributed by atoms with van der Waals surface area (Å²) in [5, 5.41) is 15.6. The van der Waals surface area contributed by atoms with E-state index in [1.54, 1.807) is 11.3 Å². The van der Waals surface area contributed by atoms with Gasteiger partial charge in [-0.3, -0.25) is 0 Å². The monoisotopic (exact) mass is 457 g/mol. The normalized spacial score (nSPS) is 15.5. The molecule has 0 saturated heterocycles. The molecule has 166 valence electrons. The first-order chi connectivity index (χ1) is 16.1. The van der Waals surface area contributed by atoms with Crippen LogP contribution in [0.1, 0.15) is 42.0 Å². The number of imidazole rings is 1. The predicted octanol–water partition coefficient (Wildman–Crippen LogP) is 4.89. The van der Waals surface area contributed by atoms with Crippen LogP contribution in [0.3, 0.4) is 0 Å². The van der Waals surface area contributed by atoms with E-state index in [9.17, 15) is 0 Å². The standard InChI is InChI=1S/C24H23N7OS/c1-4-20-26-21-13(2)11-14(3)25-23(21)31(20)18-9-10-32-24-17(18)12-19(33-24)15-7-5-6-8-16(15)22-27-29-30-28-22/h5-8,11-12,18H,4,9-10H2,1-3H3,(H,27,28,29,30). The van der Waals surface area contributed by atoms with Gasteiger partial charge < -0.3 is 9.30 Å². The molecule has 1 unspecified atom stereocenters. The van der Waals surface area contributed by atoms with Crippen LogP contribution in [0.15, 0.2) is 36.4 Å². The Morgan fingerprint density at radius 2 is 2.00 bits per heavy atom. The number of aromatic nitrogens is 7. The third-order valence-electron chi connectivity index (χ3n) is 6.16. The van der Waals surface area contributed by atoms with Crippen LogP contribution in [0, 0.1) is 13.8 Å². The molecule has 0 fully saturated rings. The number of nitrogens with one attached hydrogen (secondary N) is 1. The molecule has 1 atom stereocenters. The minimum atomic E-state index is 0.129. The first kappa shape index (κ1) is 20.0. The number of ether oxygens (including phenoxy) is 1. The number of rotatable bonds is 4. The van der Waals surface area contributed by atoms with Crippen molar-refractivity contribution in [2.45, 2.75) is 39.7 Å². The highest BCUT2D eigenvalue weighted by Gasteiger charge is 2.30. The van der Waals surface area contributed by atoms with Crippen molar-refractivity contribution in [2.75, 3.05) is 6.61 Å². The zero-order chi connectivity index (χ0) is 22.5. The first-order valence-corrected chi connectivity index (χ1v) is 11.9. The molecule has 0 spiro atoms. The van der Waals surface area contributed by atoms with Crippen molar-refractivity contribution in [1.29, 1.82) is 0 Å². The molecule has 0 radical (unpaired) electrons. The maximum absolute atomic E-state index is 6.13. The summed E-state index contributed by atoms with van der Waals surface area (Å²) >= 11 is 1.66. The summed E-state index contributed by atoms with van der Waals surface area (Å²) in [7, 11) is 0. The van der Waals surface area contributed by atoms with E-state index >= 15 is 0 Å². The van der Waals surface area contributed by atoms with Gasteiger partial charge in [-0.25, -0.2) is 9.97 Å². The summed E-state index contributed by atoms with van der Waals surface area (Å²) in [6.07, 6.45) is 1.72. The number of tetrazole rings is 1. The number of hydrogen-bond acceptors (Lipinski definition) is 7. The van der Waals surface area contributed by atoms with Gasteiger partial charge in [-0.2, -0.15) is 5.21 Å². The summed E-state index contributed by atoms with van der Waals surface area (Å²) < 4.78 is 8.46. The van der Waals surface area contributed by atoms with E-state index in [4.69, 9.17) is 14.7 Å². The Morgan fingerprint density at radius 3 is 2.79 bits per heavy atom. The highest BCUT2D eigenvalue weighted by atomic mass is 32.1. The Morgan fingerprint density at radius 1 is 1.15 bits per heavy atom. The lowest BCUT2D eigenvalue weighted by molar-refractivity contribution is 0.265. The van der Waals surface area contributed by atoms with Crippen molar-refractivity contribution < 1.29 is 4.74 Å². The molecule has 5 aromatic rings. The highest BCUT2D eigenvalue weighted by Crippen LogP contribution is 2.47. The van der Waals surface area contributed by atoms with Crippen molar-refractivity contribution in [1.82, 2.24) is 35.2 Å². The van der Waals surface area contributed by atoms with Gasteiger partial charge in [0.1, 0.15) is 11.3 Å². The fourth-order valence-electron chi connectivity index (χ4n) is 4.72. The molecule has 0 amide bonds. The topological polar surface area (TPSA) is 94.4 Å². The minimum absolute atomic E-state index is 0.129. The van der Waals surface area contributed by atoms with Crippen LogP contribution in [0.2, 0.25) is 0 Å². The molecular weight excluding hydrogens is 434 g/mol. The van der Waals surface area contributed by atoms with Crippen LogP contribution >= 0.6 is 11.3 Å². The second kappa shape index (κ2) is 7.77. The number of aryl methyl sites for hydroxylation is 3. The van der Waals surface area contributed by atoms with E-state index in [-0.39, 0.29) is 6.04 Å². The van der Waals surface area contributed by atoms with E-state index in [0.717, 1.165) is 56.6 Å². The summed E-state index contributed by atoms with van der Waals surface area (Å²) in [4.78, 5) is 11.0. The summed E-state index contributed by atoms with van der Waals surface area (Å²) in [5.41, 5.74) is 7.31. The van der Waals surface area contributed by atoms with Crippen molar-refractivity contribution in [3.63, 3.8) is 0 Å². The smallest absolute Gasteiger partial charge is 0.205 e. The van der Waals surface area contributed by atoms with Gasteiger partial charge in [-0.1, -0.05) is 42.5 Å². The Balaban J connectivity index is 1.51. The van der Waals surface area contributed by atoms with Gasteiger partial charge in [-0.05, 0) is 36.8 Å². The Bertz CT molecular complexity index is 1470. The molecule has 0 aliphatic carbocycles. The van der Waals surface area contributed by atoms with Crippen LogP contribution in [0.5, 0.6) is 5.06 Å². The van der Waals surface area contributed by atoms with Gasteiger partial charge in [0.2, 0.25) is 5.82 Å². The maximum Gasteiger partial charge on any atom is 0.205 e. The molecular formula is C24H23N7OS. The second-order valence-corrected chi connectivity index (χ2v) is 9.31. The molecule has 4 aromatic heterocycles. The lowest BCUT2D eigenvalue weighted by atomic mass is 10.0. The molecule has 9 heteroatoms. The van der Waals surface area contributed by atoms with Crippen molar-refractivity contribution in [2.24, 2.45) is 0 Å². The minimum Gasteiger partial charge on any atom is -0.484 e. The molecule has 1 aliphatic rings. The largest absolute Gasteiger partial charge is 0.484 e. The van der Waals surface area contributed by atoms with E-state index in [0.29, 0.717) is 12.4 Å². The number of hydrogen-bond donors (Lipinski definition) is 1. The van der Waals surface area contributed by atoms with Crippen LogP contribution < -0.4 is 4.74 Å². The number of fused-ring (bicyclic) bond motifs is 2. The molecule has 1 N–H and O–H groups in total. The molecule has 5 heterocycles. The van der Waals surface area contributed by atoms with E-state index in [1.807, 2.05) is 25.1 Å². The van der Waals surface area contributed by atoms with Gasteiger partial charge in [0.25, 0.3) is 0 Å². The third kappa shape index (κ3) is 3.22. The molecule has 0 saturated carbocycles. The fraction of sp³-hybridized carbons (Fsp3) is 0.292. The second-order valence-electron chi connectivity index (χ2n) is 8.29. The van der Waals surface area contributed by atoms with Crippen molar-refractivity contribution >= 4 is 22.5 Å². The molecule has 1 aromatic carbocycles. The van der Waals surface area contributed by atoms with E-state index in [2.05, 4.69) is 57.2 Å². The van der Waals surface area contributed by atoms with E-state index in [1.165, 1.54) is 11.1 Å². The number of benzene rings is 1. The zero-order valence-corrected chi connectivity index (χ0v) is 19.5. The number of aromatic amines is 1. The number of H-pyrrole nitrogens is 1. The van der Waals surface area contributed by atoms with Gasteiger partial charge in [0.15, 0.2) is 10.7 Å². The van der Waals surface area contributed by atoms with Gasteiger partial charge in [0, 0.05) is 40.1 Å². The average molecular weight is 458 g/mol. The quantitative estimate of drug-likeness (QED) is 0.413. The Kier molecular flexibility index (Phi) is 4.72. The van der Waals surface area contributed by atoms with Gasteiger partial charge in [-0.15, -0.1) is 10.2 Å². The highest BCUT2D eigenvalue weighted by molar-refractivity contribution is 7.17. The first-order valence-electron chi connectivity index (χ1n) is 11.1. The van der Waals surface area contributed by atoms with Crippen molar-refractivity contribution in [3.05, 3.63) is 59.0 Å². The molecule has 33 heavy (non-hydrogen) atoms. The Hall–Kier alpha value is -3.59. The number of thiophene rings is 1. The van der Waals surface area contributed by atoms with Crippen molar-refractivity contribution in [3.8, 4) is 26.9 Å².